The highest BCUT2D eigenvalue weighted by Crippen LogP contribution is 2.15. The van der Waals surface area contributed by atoms with Crippen molar-refractivity contribution in [3.8, 4) is 0 Å². The number of hydrogen-bond acceptors (Lipinski definition) is 3. The smallest absolute Gasteiger partial charge is 0.251 e. The van der Waals surface area contributed by atoms with Crippen molar-refractivity contribution >= 4 is 34.8 Å². The van der Waals surface area contributed by atoms with Crippen LogP contribution in [0.25, 0.3) is 0 Å². The minimum atomic E-state index is -0.179. The van der Waals surface area contributed by atoms with Gasteiger partial charge in [0.2, 0.25) is 5.91 Å². The van der Waals surface area contributed by atoms with Gasteiger partial charge in [0.05, 0.1) is 6.04 Å². The van der Waals surface area contributed by atoms with Crippen LogP contribution in [0.1, 0.15) is 42.7 Å². The fourth-order valence-electron chi connectivity index (χ4n) is 2.26. The zero-order valence-electron chi connectivity index (χ0n) is 15.1. The van der Waals surface area contributed by atoms with Gasteiger partial charge in [0.1, 0.15) is 0 Å². The van der Waals surface area contributed by atoms with Crippen molar-refractivity contribution in [2.75, 3.05) is 5.32 Å². The van der Waals surface area contributed by atoms with Crippen LogP contribution in [0.5, 0.6) is 0 Å². The second kappa shape index (κ2) is 9.10. The van der Waals surface area contributed by atoms with Crippen molar-refractivity contribution < 1.29 is 9.59 Å². The highest BCUT2D eigenvalue weighted by molar-refractivity contribution is 7.80. The Bertz CT molecular complexity index is 791. The second-order valence-corrected chi connectivity index (χ2v) is 6.69. The number of benzene rings is 2. The first kappa shape index (κ1) is 19.6. The fourth-order valence-corrected chi connectivity index (χ4v) is 2.48. The van der Waals surface area contributed by atoms with Crippen molar-refractivity contribution in [1.82, 2.24) is 10.6 Å². The lowest BCUT2D eigenvalue weighted by molar-refractivity contribution is -0.122. The number of amides is 2. The van der Waals surface area contributed by atoms with E-state index in [1.165, 1.54) is 0 Å². The first-order valence-corrected chi connectivity index (χ1v) is 8.85. The Hall–Kier alpha value is -2.73. The summed E-state index contributed by atoms with van der Waals surface area (Å²) >= 11 is 5.13. The zero-order chi connectivity index (χ0) is 19.1. The number of rotatable bonds is 5. The summed E-state index contributed by atoms with van der Waals surface area (Å²) < 4.78 is 0. The number of anilines is 1. The predicted octanol–water partition coefficient (Wildman–Crippen LogP) is 3.65. The Morgan fingerprint density at radius 2 is 1.65 bits per heavy atom. The molecule has 0 aliphatic carbocycles. The first-order chi connectivity index (χ1) is 12.4. The van der Waals surface area contributed by atoms with Crippen LogP contribution < -0.4 is 16.0 Å². The summed E-state index contributed by atoms with van der Waals surface area (Å²) in [4.78, 5) is 24.2. The Morgan fingerprint density at radius 1 is 0.962 bits per heavy atom. The molecule has 0 aliphatic rings. The van der Waals surface area contributed by atoms with Crippen molar-refractivity contribution in [2.24, 2.45) is 5.92 Å². The normalized spacial score (nSPS) is 11.5. The molecule has 0 saturated carbocycles. The lowest BCUT2D eigenvalue weighted by Gasteiger charge is -2.15. The number of carbonyl (C=O) groups is 2. The predicted molar refractivity (Wildman–Crippen MR) is 108 cm³/mol. The molecule has 0 aliphatic heterocycles. The third-order valence-corrected chi connectivity index (χ3v) is 4.00. The van der Waals surface area contributed by atoms with E-state index >= 15 is 0 Å². The van der Waals surface area contributed by atoms with Crippen LogP contribution in [0, 0.1) is 5.92 Å². The van der Waals surface area contributed by atoms with E-state index in [1.807, 2.05) is 37.3 Å². The van der Waals surface area contributed by atoms with Crippen molar-refractivity contribution in [3.63, 3.8) is 0 Å². The molecular weight excluding hydrogens is 346 g/mol. The van der Waals surface area contributed by atoms with Gasteiger partial charge in [0, 0.05) is 17.2 Å². The van der Waals surface area contributed by atoms with Gasteiger partial charge in [-0.3, -0.25) is 9.59 Å². The van der Waals surface area contributed by atoms with Gasteiger partial charge < -0.3 is 16.0 Å². The molecule has 2 amide bonds. The summed E-state index contributed by atoms with van der Waals surface area (Å²) in [7, 11) is 0. The Labute approximate surface area is 159 Å². The van der Waals surface area contributed by atoms with Crippen molar-refractivity contribution in [3.05, 3.63) is 65.7 Å². The van der Waals surface area contributed by atoms with E-state index < -0.39 is 0 Å². The van der Waals surface area contributed by atoms with Gasteiger partial charge in [-0.15, -0.1) is 0 Å². The van der Waals surface area contributed by atoms with E-state index in [9.17, 15) is 9.59 Å². The van der Waals surface area contributed by atoms with Crippen LogP contribution in [0.2, 0.25) is 0 Å². The zero-order valence-corrected chi connectivity index (χ0v) is 15.9. The van der Waals surface area contributed by atoms with Crippen LogP contribution in [-0.2, 0) is 4.79 Å². The molecule has 2 aromatic rings. The SMILES string of the molecule is CC(C)C(=O)NC(=S)Nc1cccc(C(=O)NC(C)c2ccccc2)c1. The molecule has 0 heterocycles. The minimum absolute atomic E-state index is 0.105. The molecule has 0 spiro atoms. The largest absolute Gasteiger partial charge is 0.346 e. The molecule has 6 heteroatoms. The van der Waals surface area contributed by atoms with Gasteiger partial charge in [0.25, 0.3) is 5.91 Å². The Morgan fingerprint density at radius 3 is 2.31 bits per heavy atom. The van der Waals surface area contributed by atoms with Gasteiger partial charge in [-0.2, -0.15) is 0 Å². The fraction of sp³-hybridized carbons (Fsp3) is 0.250. The van der Waals surface area contributed by atoms with Crippen molar-refractivity contribution in [1.29, 1.82) is 0 Å². The van der Waals surface area contributed by atoms with E-state index in [2.05, 4.69) is 16.0 Å². The van der Waals surface area contributed by atoms with E-state index in [-0.39, 0.29) is 28.9 Å². The Balaban J connectivity index is 2.00. The topological polar surface area (TPSA) is 70.2 Å². The molecule has 0 aromatic heterocycles. The highest BCUT2D eigenvalue weighted by atomic mass is 32.1. The number of carbonyl (C=O) groups excluding carboxylic acids is 2. The minimum Gasteiger partial charge on any atom is -0.346 e. The summed E-state index contributed by atoms with van der Waals surface area (Å²) in [6.45, 7) is 5.51. The van der Waals surface area contributed by atoms with Crippen molar-refractivity contribution in [2.45, 2.75) is 26.8 Å². The molecule has 1 atom stereocenters. The average Bonchev–Trinajstić information content (AvgIpc) is 2.62. The molecule has 0 radical (unpaired) electrons. The molecule has 136 valence electrons. The van der Waals surface area contributed by atoms with Gasteiger partial charge in [-0.1, -0.05) is 50.2 Å². The first-order valence-electron chi connectivity index (χ1n) is 8.44. The third-order valence-electron chi connectivity index (χ3n) is 3.79. The number of hydrogen-bond donors (Lipinski definition) is 3. The summed E-state index contributed by atoms with van der Waals surface area (Å²) in [6, 6.07) is 16.6. The highest BCUT2D eigenvalue weighted by Gasteiger charge is 2.13. The molecule has 2 rings (SSSR count). The lowest BCUT2D eigenvalue weighted by Crippen LogP contribution is -2.36. The molecule has 1 unspecified atom stereocenters. The van der Waals surface area contributed by atoms with Crippen LogP contribution in [0.4, 0.5) is 5.69 Å². The molecule has 26 heavy (non-hydrogen) atoms. The summed E-state index contributed by atoms with van der Waals surface area (Å²) in [6.07, 6.45) is 0. The molecule has 0 saturated heterocycles. The lowest BCUT2D eigenvalue weighted by atomic mass is 10.1. The van der Waals surface area contributed by atoms with Gasteiger partial charge in [-0.25, -0.2) is 0 Å². The molecular formula is C20H23N3O2S. The quantitative estimate of drug-likeness (QED) is 0.704. The van der Waals surface area contributed by atoms with Gasteiger partial charge in [-0.05, 0) is 42.9 Å². The third kappa shape index (κ3) is 5.67. The van der Waals surface area contributed by atoms with E-state index in [0.717, 1.165) is 5.56 Å². The standard InChI is InChI=1S/C20H23N3O2S/c1-13(2)18(24)23-20(26)22-17-11-7-10-16(12-17)19(25)21-14(3)15-8-5-4-6-9-15/h4-14H,1-3H3,(H,21,25)(H2,22,23,24,26). The molecule has 3 N–H and O–H groups in total. The Kier molecular flexibility index (Phi) is 6.86. The monoisotopic (exact) mass is 369 g/mol. The van der Waals surface area contributed by atoms with Gasteiger partial charge >= 0.3 is 0 Å². The van der Waals surface area contributed by atoms with Crippen LogP contribution in [0.15, 0.2) is 54.6 Å². The maximum atomic E-state index is 12.5. The van der Waals surface area contributed by atoms with E-state index in [1.54, 1.807) is 38.1 Å². The second-order valence-electron chi connectivity index (χ2n) is 6.28. The summed E-state index contributed by atoms with van der Waals surface area (Å²) in [5, 5.41) is 8.72. The van der Waals surface area contributed by atoms with Crippen LogP contribution in [0.3, 0.4) is 0 Å². The van der Waals surface area contributed by atoms with Crippen LogP contribution in [-0.4, -0.2) is 16.9 Å². The maximum Gasteiger partial charge on any atom is 0.251 e. The average molecular weight is 369 g/mol. The van der Waals surface area contributed by atoms with Gasteiger partial charge in [0.15, 0.2) is 5.11 Å². The number of nitrogens with one attached hydrogen (secondary N) is 3. The van der Waals surface area contributed by atoms with Crippen LogP contribution >= 0.6 is 12.2 Å². The maximum absolute atomic E-state index is 12.5. The number of thiocarbonyl (C=S) groups is 1. The molecule has 5 nitrogen and oxygen atoms in total. The van der Waals surface area contributed by atoms with E-state index in [4.69, 9.17) is 12.2 Å². The molecule has 0 fully saturated rings. The molecule has 2 aromatic carbocycles. The summed E-state index contributed by atoms with van der Waals surface area (Å²) in [5.41, 5.74) is 2.18. The summed E-state index contributed by atoms with van der Waals surface area (Å²) in [5.74, 6) is -0.499. The molecule has 0 bridgehead atoms. The van der Waals surface area contributed by atoms with E-state index in [0.29, 0.717) is 11.3 Å².